The molecule has 4 aliphatic carbocycles. The summed E-state index contributed by atoms with van der Waals surface area (Å²) in [7, 11) is 0. The molecule has 4 fully saturated rings. The molecule has 0 bridgehead atoms. The van der Waals surface area contributed by atoms with E-state index in [1.807, 2.05) is 0 Å². The molecule has 1 saturated heterocycles. The third kappa shape index (κ3) is 7.68. The predicted molar refractivity (Wildman–Crippen MR) is 180 cm³/mol. The number of esters is 3. The molecular formula is C39H62O9. The number of carbonyl (C=O) groups is 3. The molecule has 0 spiro atoms. The zero-order valence-electron chi connectivity index (χ0n) is 30.7. The predicted octanol–water partition coefficient (Wildman–Crippen LogP) is 6.93. The Kier molecular flexibility index (Phi) is 11.7. The molecule has 1 heterocycles. The van der Waals surface area contributed by atoms with E-state index in [9.17, 15) is 19.5 Å². The summed E-state index contributed by atoms with van der Waals surface area (Å²) in [5.41, 5.74) is 2.03. The lowest BCUT2D eigenvalue weighted by atomic mass is 9.47. The Morgan fingerprint density at radius 1 is 0.917 bits per heavy atom. The van der Waals surface area contributed by atoms with Crippen LogP contribution in [-0.4, -0.2) is 66.4 Å². The van der Waals surface area contributed by atoms with E-state index in [-0.39, 0.29) is 18.1 Å². The summed E-state index contributed by atoms with van der Waals surface area (Å²) in [5.74, 6) is 2.80. The summed E-state index contributed by atoms with van der Waals surface area (Å²) < 4.78 is 28.6. The van der Waals surface area contributed by atoms with Crippen molar-refractivity contribution in [3.63, 3.8) is 0 Å². The van der Waals surface area contributed by atoms with Gasteiger partial charge in [-0.1, -0.05) is 65.5 Å². The zero-order valence-corrected chi connectivity index (χ0v) is 30.7. The Morgan fingerprint density at radius 3 is 2.29 bits per heavy atom. The third-order valence-corrected chi connectivity index (χ3v) is 13.3. The second-order valence-electron chi connectivity index (χ2n) is 16.8. The maximum absolute atomic E-state index is 12.0. The number of hydrogen-bond acceptors (Lipinski definition) is 9. The van der Waals surface area contributed by atoms with Crippen molar-refractivity contribution < 1.29 is 43.2 Å². The number of aliphatic hydroxyl groups excluding tert-OH is 1. The minimum absolute atomic E-state index is 0.135. The Hall–Kier alpha value is -1.97. The number of fused-ring (bicyclic) bond motifs is 5. The van der Waals surface area contributed by atoms with Gasteiger partial charge in [0.2, 0.25) is 0 Å². The van der Waals surface area contributed by atoms with Gasteiger partial charge in [0, 0.05) is 20.8 Å². The van der Waals surface area contributed by atoms with E-state index in [4.69, 9.17) is 23.7 Å². The van der Waals surface area contributed by atoms with E-state index in [1.54, 1.807) is 0 Å². The maximum Gasteiger partial charge on any atom is 0.303 e. The molecule has 9 nitrogen and oxygen atoms in total. The first-order valence-corrected chi connectivity index (χ1v) is 18.8. The van der Waals surface area contributed by atoms with Gasteiger partial charge in [0.1, 0.15) is 18.8 Å². The van der Waals surface area contributed by atoms with Gasteiger partial charge in [-0.3, -0.25) is 14.4 Å². The molecule has 48 heavy (non-hydrogen) atoms. The van der Waals surface area contributed by atoms with E-state index in [0.717, 1.165) is 55.3 Å². The molecule has 0 aromatic carbocycles. The molecule has 9 heteroatoms. The standard InChI is InChI=1S/C39H62O9/c1-22(2)10-9-11-23(3)30-14-15-31-29-13-12-27-20-28(16-18-38(27,7)32(29)17-19-39(30,31)8)47-37-34(43)36(46-26(6)42)35(45-25(5)41)33(48-37)21-44-24(4)40/h12,22-23,28-37,43H,9-11,13-21H2,1-8H3/t23-,28?,29?,30?,31?,32?,33?,34?,35?,36?,37?,38?,39?/m1/s1. The van der Waals surface area contributed by atoms with E-state index in [2.05, 4.69) is 40.7 Å². The van der Waals surface area contributed by atoms with Crippen molar-refractivity contribution in [1.82, 2.24) is 0 Å². The monoisotopic (exact) mass is 674 g/mol. The fraction of sp³-hybridized carbons (Fsp3) is 0.872. The van der Waals surface area contributed by atoms with Crippen molar-refractivity contribution in [1.29, 1.82) is 0 Å². The minimum Gasteiger partial charge on any atom is -0.463 e. The van der Waals surface area contributed by atoms with Gasteiger partial charge in [-0.25, -0.2) is 0 Å². The van der Waals surface area contributed by atoms with E-state index in [0.29, 0.717) is 11.3 Å². The summed E-state index contributed by atoms with van der Waals surface area (Å²) in [6.45, 7) is 15.8. The summed E-state index contributed by atoms with van der Waals surface area (Å²) in [5, 5.41) is 11.3. The van der Waals surface area contributed by atoms with Crippen molar-refractivity contribution in [2.24, 2.45) is 46.3 Å². The lowest BCUT2D eigenvalue weighted by Gasteiger charge is -2.58. The first-order chi connectivity index (χ1) is 22.6. The largest absolute Gasteiger partial charge is 0.463 e. The summed E-state index contributed by atoms with van der Waals surface area (Å²) in [6.07, 6.45) is 9.50. The number of ether oxygens (including phenoxy) is 5. The van der Waals surface area contributed by atoms with Crippen LogP contribution < -0.4 is 0 Å². The van der Waals surface area contributed by atoms with Crippen LogP contribution in [0.4, 0.5) is 0 Å². The Balaban J connectivity index is 1.27. The van der Waals surface area contributed by atoms with Crippen LogP contribution in [0.3, 0.4) is 0 Å². The van der Waals surface area contributed by atoms with Crippen molar-refractivity contribution in [3.8, 4) is 0 Å². The average molecular weight is 675 g/mol. The van der Waals surface area contributed by atoms with Gasteiger partial charge in [0.25, 0.3) is 0 Å². The van der Waals surface area contributed by atoms with E-state index >= 15 is 0 Å². The molecule has 3 saturated carbocycles. The van der Waals surface area contributed by atoms with Gasteiger partial charge in [-0.15, -0.1) is 0 Å². The first-order valence-electron chi connectivity index (χ1n) is 18.8. The topological polar surface area (TPSA) is 118 Å². The Labute approximate surface area is 288 Å². The van der Waals surface area contributed by atoms with Crippen LogP contribution in [0.15, 0.2) is 11.6 Å². The molecule has 12 unspecified atom stereocenters. The number of aliphatic hydroxyl groups is 1. The van der Waals surface area contributed by atoms with Crippen LogP contribution in [0.5, 0.6) is 0 Å². The molecule has 0 amide bonds. The second-order valence-corrected chi connectivity index (χ2v) is 16.8. The van der Waals surface area contributed by atoms with Gasteiger partial charge >= 0.3 is 17.9 Å². The zero-order chi connectivity index (χ0) is 35.0. The molecule has 272 valence electrons. The van der Waals surface area contributed by atoms with Crippen molar-refractivity contribution >= 4 is 17.9 Å². The van der Waals surface area contributed by atoms with Gasteiger partial charge < -0.3 is 28.8 Å². The van der Waals surface area contributed by atoms with Crippen LogP contribution in [-0.2, 0) is 38.1 Å². The summed E-state index contributed by atoms with van der Waals surface area (Å²) >= 11 is 0. The first kappa shape index (κ1) is 37.3. The molecule has 1 aliphatic heterocycles. The summed E-state index contributed by atoms with van der Waals surface area (Å²) in [6, 6.07) is 0. The normalized spacial score (nSPS) is 41.3. The SMILES string of the molecule is CC(=O)OCC1OC(OC2CCC3(C)C(=CCC4C3CCC3(C)C4CCC3[C@H](C)CCCC(C)C)C2)C(O)C(OC(C)=O)C1OC(C)=O. The smallest absolute Gasteiger partial charge is 0.303 e. The highest BCUT2D eigenvalue weighted by atomic mass is 16.7. The number of rotatable bonds is 11. The van der Waals surface area contributed by atoms with Gasteiger partial charge in [-0.05, 0) is 97.7 Å². The van der Waals surface area contributed by atoms with E-state index < -0.39 is 48.6 Å². The fourth-order valence-electron chi connectivity index (χ4n) is 11.0. The molecule has 0 aromatic heterocycles. The molecule has 0 radical (unpaired) electrons. The van der Waals surface area contributed by atoms with Crippen molar-refractivity contribution in [2.45, 2.75) is 163 Å². The fourth-order valence-corrected chi connectivity index (χ4v) is 11.0. The molecule has 5 rings (SSSR count). The van der Waals surface area contributed by atoms with Crippen LogP contribution in [0.25, 0.3) is 0 Å². The Bertz CT molecular complexity index is 1200. The molecule has 0 aromatic rings. The molecular weight excluding hydrogens is 612 g/mol. The molecule has 13 atom stereocenters. The van der Waals surface area contributed by atoms with Crippen LogP contribution in [0, 0.1) is 46.3 Å². The number of hydrogen-bond donors (Lipinski definition) is 1. The highest BCUT2D eigenvalue weighted by Gasteiger charge is 2.59. The Morgan fingerprint density at radius 2 is 1.62 bits per heavy atom. The third-order valence-electron chi connectivity index (χ3n) is 13.3. The lowest BCUT2D eigenvalue weighted by Crippen LogP contribution is -2.62. The highest BCUT2D eigenvalue weighted by Crippen LogP contribution is 2.67. The quantitative estimate of drug-likeness (QED) is 0.142. The van der Waals surface area contributed by atoms with Crippen molar-refractivity contribution in [2.75, 3.05) is 6.61 Å². The van der Waals surface area contributed by atoms with Crippen molar-refractivity contribution in [3.05, 3.63) is 11.6 Å². The molecule has 5 aliphatic rings. The van der Waals surface area contributed by atoms with E-state index in [1.165, 1.54) is 71.3 Å². The van der Waals surface area contributed by atoms with Gasteiger partial charge in [0.05, 0.1) is 6.10 Å². The number of allylic oxidation sites excluding steroid dienone is 1. The van der Waals surface area contributed by atoms with Crippen LogP contribution in [0.1, 0.15) is 126 Å². The van der Waals surface area contributed by atoms with Crippen LogP contribution in [0.2, 0.25) is 0 Å². The highest BCUT2D eigenvalue weighted by molar-refractivity contribution is 5.68. The maximum atomic E-state index is 12.0. The second kappa shape index (κ2) is 15.1. The van der Waals surface area contributed by atoms with Crippen LogP contribution >= 0.6 is 0 Å². The average Bonchev–Trinajstić information content (AvgIpc) is 3.36. The van der Waals surface area contributed by atoms with Gasteiger partial charge in [0.15, 0.2) is 18.5 Å². The number of carbonyl (C=O) groups excluding carboxylic acids is 3. The minimum atomic E-state index is -1.40. The molecule has 1 N–H and O–H groups in total. The lowest BCUT2D eigenvalue weighted by molar-refractivity contribution is -0.316. The summed E-state index contributed by atoms with van der Waals surface area (Å²) in [4.78, 5) is 35.6. The van der Waals surface area contributed by atoms with Gasteiger partial charge in [-0.2, -0.15) is 0 Å².